The van der Waals surface area contributed by atoms with Gasteiger partial charge in [0.25, 0.3) is 0 Å². The van der Waals surface area contributed by atoms with Crippen molar-refractivity contribution in [2.45, 2.75) is 13.3 Å². The summed E-state index contributed by atoms with van der Waals surface area (Å²) in [5, 5.41) is 3.85. The van der Waals surface area contributed by atoms with Crippen LogP contribution in [0.25, 0.3) is 27.9 Å². The van der Waals surface area contributed by atoms with Crippen LogP contribution < -0.4 is 5.32 Å². The van der Waals surface area contributed by atoms with Gasteiger partial charge in [0.1, 0.15) is 5.65 Å². The number of anilines is 1. The van der Waals surface area contributed by atoms with Crippen molar-refractivity contribution in [3.8, 4) is 11.4 Å². The normalized spacial score (nSPS) is 11.2. The number of carbonyl (C=O) groups is 1. The maximum atomic E-state index is 12.6. The van der Waals surface area contributed by atoms with Gasteiger partial charge in [-0.25, -0.2) is 15.0 Å². The number of fused-ring (bicyclic) bond motifs is 2. The standard InChI is InChI=1S/C22H18N6O/c1-14-21(28-11-5-4-8-19(28)25-14)18-9-10-23-22(26-18)27-20(29)12-15-13-24-17-7-3-2-6-16(15)17/h2-11,13,24H,12H2,1H3,(H,23,26,27,29). The van der Waals surface area contributed by atoms with Gasteiger partial charge >= 0.3 is 0 Å². The molecular weight excluding hydrogens is 364 g/mol. The Kier molecular flexibility index (Phi) is 4.05. The quantitative estimate of drug-likeness (QED) is 0.495. The molecule has 5 aromatic rings. The van der Waals surface area contributed by atoms with E-state index in [1.54, 1.807) is 6.20 Å². The van der Waals surface area contributed by atoms with Crippen molar-refractivity contribution in [1.29, 1.82) is 0 Å². The van der Waals surface area contributed by atoms with Crippen LogP contribution in [0.3, 0.4) is 0 Å². The van der Waals surface area contributed by atoms with Gasteiger partial charge in [-0.2, -0.15) is 0 Å². The van der Waals surface area contributed by atoms with Crippen LogP contribution in [0.15, 0.2) is 67.1 Å². The lowest BCUT2D eigenvalue weighted by Crippen LogP contribution is -2.16. The number of H-pyrrole nitrogens is 1. The van der Waals surface area contributed by atoms with Crippen molar-refractivity contribution < 1.29 is 4.79 Å². The van der Waals surface area contributed by atoms with Crippen molar-refractivity contribution in [1.82, 2.24) is 24.3 Å². The number of aromatic nitrogens is 5. The molecular formula is C22H18N6O. The molecule has 0 aliphatic heterocycles. The van der Waals surface area contributed by atoms with Crippen LogP contribution in [0.1, 0.15) is 11.3 Å². The Morgan fingerprint density at radius 3 is 2.90 bits per heavy atom. The van der Waals surface area contributed by atoms with Gasteiger partial charge < -0.3 is 4.98 Å². The molecule has 0 unspecified atom stereocenters. The summed E-state index contributed by atoms with van der Waals surface area (Å²) in [5.41, 5.74) is 5.26. The zero-order valence-electron chi connectivity index (χ0n) is 15.8. The summed E-state index contributed by atoms with van der Waals surface area (Å²) in [6, 6.07) is 15.6. The van der Waals surface area contributed by atoms with E-state index >= 15 is 0 Å². The Labute approximate surface area is 166 Å². The van der Waals surface area contributed by atoms with E-state index in [1.165, 1.54) is 0 Å². The Morgan fingerprint density at radius 1 is 1.10 bits per heavy atom. The third kappa shape index (κ3) is 3.12. The number of aromatic amines is 1. The number of nitrogens with one attached hydrogen (secondary N) is 2. The van der Waals surface area contributed by atoms with Crippen molar-refractivity contribution in [2.75, 3.05) is 5.32 Å². The fourth-order valence-electron chi connectivity index (χ4n) is 3.59. The number of aryl methyl sites for hydroxylation is 1. The minimum absolute atomic E-state index is 0.165. The number of benzene rings is 1. The summed E-state index contributed by atoms with van der Waals surface area (Å²) >= 11 is 0. The van der Waals surface area contributed by atoms with Crippen LogP contribution in [-0.2, 0) is 11.2 Å². The smallest absolute Gasteiger partial charge is 0.231 e. The van der Waals surface area contributed by atoms with Crippen LogP contribution in [0, 0.1) is 6.92 Å². The van der Waals surface area contributed by atoms with E-state index in [1.807, 2.05) is 72.2 Å². The SMILES string of the molecule is Cc1nc2ccccn2c1-c1ccnc(NC(=O)Cc2c[nH]c3ccccc23)n1. The topological polar surface area (TPSA) is 88.0 Å². The average Bonchev–Trinajstić information content (AvgIpc) is 3.28. The molecule has 0 atom stereocenters. The summed E-state index contributed by atoms with van der Waals surface area (Å²) in [6.07, 6.45) is 5.70. The maximum Gasteiger partial charge on any atom is 0.231 e. The summed E-state index contributed by atoms with van der Waals surface area (Å²) in [7, 11) is 0. The van der Waals surface area contributed by atoms with Gasteiger partial charge in [0.05, 0.1) is 23.5 Å². The molecule has 1 amide bonds. The van der Waals surface area contributed by atoms with E-state index in [0.29, 0.717) is 5.69 Å². The van der Waals surface area contributed by atoms with Gasteiger partial charge in [-0.05, 0) is 36.8 Å². The number of pyridine rings is 1. The number of imidazole rings is 1. The monoisotopic (exact) mass is 382 g/mol. The number of rotatable bonds is 4. The highest BCUT2D eigenvalue weighted by Crippen LogP contribution is 2.23. The van der Waals surface area contributed by atoms with Crippen LogP contribution in [0.4, 0.5) is 5.95 Å². The average molecular weight is 382 g/mol. The molecule has 0 saturated heterocycles. The Morgan fingerprint density at radius 2 is 1.97 bits per heavy atom. The van der Waals surface area contributed by atoms with Gasteiger partial charge in [0.15, 0.2) is 0 Å². The van der Waals surface area contributed by atoms with Gasteiger partial charge in [-0.3, -0.25) is 14.5 Å². The zero-order valence-corrected chi connectivity index (χ0v) is 15.8. The highest BCUT2D eigenvalue weighted by molar-refractivity contribution is 5.94. The number of nitrogens with zero attached hydrogens (tertiary/aromatic N) is 4. The van der Waals surface area contributed by atoms with Gasteiger partial charge in [-0.1, -0.05) is 24.3 Å². The number of amides is 1. The molecule has 5 rings (SSSR count). The number of carbonyl (C=O) groups excluding carboxylic acids is 1. The highest BCUT2D eigenvalue weighted by Gasteiger charge is 2.14. The van der Waals surface area contributed by atoms with Crippen molar-refractivity contribution in [3.05, 3.63) is 78.4 Å². The third-order valence-electron chi connectivity index (χ3n) is 4.88. The minimum Gasteiger partial charge on any atom is -0.361 e. The Hall–Kier alpha value is -4.00. The lowest BCUT2D eigenvalue weighted by atomic mass is 10.1. The fourth-order valence-corrected chi connectivity index (χ4v) is 3.59. The summed E-state index contributed by atoms with van der Waals surface area (Å²) in [6.45, 7) is 1.94. The van der Waals surface area contributed by atoms with E-state index in [0.717, 1.165) is 33.5 Å². The molecule has 0 bridgehead atoms. The van der Waals surface area contributed by atoms with E-state index < -0.39 is 0 Å². The van der Waals surface area contributed by atoms with Crippen LogP contribution in [0.5, 0.6) is 0 Å². The molecule has 0 aliphatic rings. The molecule has 7 nitrogen and oxygen atoms in total. The molecule has 142 valence electrons. The molecule has 2 N–H and O–H groups in total. The predicted octanol–water partition coefficient (Wildman–Crippen LogP) is 3.76. The number of hydrogen-bond donors (Lipinski definition) is 2. The zero-order chi connectivity index (χ0) is 19.8. The first-order valence-electron chi connectivity index (χ1n) is 9.31. The van der Waals surface area contributed by atoms with Crippen molar-refractivity contribution >= 4 is 28.4 Å². The van der Waals surface area contributed by atoms with Gasteiger partial charge in [0, 0.05) is 29.5 Å². The summed E-state index contributed by atoms with van der Waals surface area (Å²) < 4.78 is 1.98. The molecule has 1 aromatic carbocycles. The lowest BCUT2D eigenvalue weighted by Gasteiger charge is -2.06. The Bertz CT molecular complexity index is 1350. The van der Waals surface area contributed by atoms with Gasteiger partial charge in [0.2, 0.25) is 11.9 Å². The maximum absolute atomic E-state index is 12.6. The van der Waals surface area contributed by atoms with E-state index in [4.69, 9.17) is 0 Å². The Balaban J connectivity index is 1.41. The molecule has 4 aromatic heterocycles. The largest absolute Gasteiger partial charge is 0.361 e. The van der Waals surface area contributed by atoms with E-state index in [-0.39, 0.29) is 18.3 Å². The molecule has 0 saturated carbocycles. The third-order valence-corrected chi connectivity index (χ3v) is 4.88. The molecule has 0 aliphatic carbocycles. The van der Waals surface area contributed by atoms with Crippen molar-refractivity contribution in [2.24, 2.45) is 0 Å². The van der Waals surface area contributed by atoms with Crippen LogP contribution in [0.2, 0.25) is 0 Å². The molecule has 4 heterocycles. The number of para-hydroxylation sites is 1. The van der Waals surface area contributed by atoms with Crippen molar-refractivity contribution in [3.63, 3.8) is 0 Å². The van der Waals surface area contributed by atoms with Gasteiger partial charge in [-0.15, -0.1) is 0 Å². The summed E-state index contributed by atoms with van der Waals surface area (Å²) in [5.74, 6) is 0.111. The molecule has 0 spiro atoms. The van der Waals surface area contributed by atoms with Crippen LogP contribution >= 0.6 is 0 Å². The summed E-state index contributed by atoms with van der Waals surface area (Å²) in [4.78, 5) is 29.1. The molecule has 7 heteroatoms. The highest BCUT2D eigenvalue weighted by atomic mass is 16.1. The second-order valence-electron chi connectivity index (χ2n) is 6.82. The first-order valence-corrected chi connectivity index (χ1v) is 9.31. The predicted molar refractivity (Wildman–Crippen MR) is 112 cm³/mol. The first-order chi connectivity index (χ1) is 14.2. The fraction of sp³-hybridized carbons (Fsp3) is 0.0909. The molecule has 0 radical (unpaired) electrons. The minimum atomic E-state index is -0.165. The van der Waals surface area contributed by atoms with Crippen LogP contribution in [-0.4, -0.2) is 30.2 Å². The van der Waals surface area contributed by atoms with E-state index in [9.17, 15) is 4.79 Å². The number of hydrogen-bond acceptors (Lipinski definition) is 4. The molecule has 0 fully saturated rings. The second kappa shape index (κ2) is 6.87. The molecule has 29 heavy (non-hydrogen) atoms. The second-order valence-corrected chi connectivity index (χ2v) is 6.82. The van der Waals surface area contributed by atoms with E-state index in [2.05, 4.69) is 25.3 Å². The first kappa shape index (κ1) is 17.1. The lowest BCUT2D eigenvalue weighted by molar-refractivity contribution is -0.115.